The van der Waals surface area contributed by atoms with E-state index in [1.165, 1.54) is 11.0 Å². The Kier molecular flexibility index (Phi) is 5.99. The van der Waals surface area contributed by atoms with Gasteiger partial charge in [-0.15, -0.1) is 0 Å². The molecule has 0 atom stereocenters. The number of carbonyl (C=O) groups excluding carboxylic acids is 1. The molecular weight excluding hydrogens is 260 g/mol. The number of aromatic carboxylic acids is 1. The lowest BCUT2D eigenvalue weighted by Gasteiger charge is -2.27. The first-order valence-corrected chi connectivity index (χ1v) is 6.36. The number of rotatable bonds is 6. The van der Waals surface area contributed by atoms with Gasteiger partial charge in [0.05, 0.1) is 17.9 Å². The second kappa shape index (κ2) is 7.49. The molecule has 6 heteroatoms. The maximum atomic E-state index is 12.4. The zero-order chi connectivity index (χ0) is 15.1. The highest BCUT2D eigenvalue weighted by molar-refractivity contribution is 6.01. The van der Waals surface area contributed by atoms with Crippen LogP contribution in [0.25, 0.3) is 0 Å². The third-order valence-electron chi connectivity index (χ3n) is 3.00. The third-order valence-corrected chi connectivity index (χ3v) is 3.00. The number of ether oxygens (including phenoxy) is 1. The lowest BCUT2D eigenvalue weighted by Crippen LogP contribution is -2.43. The van der Waals surface area contributed by atoms with Gasteiger partial charge in [-0.2, -0.15) is 0 Å². The highest BCUT2D eigenvalue weighted by atomic mass is 16.5. The highest BCUT2D eigenvalue weighted by Gasteiger charge is 2.21. The summed E-state index contributed by atoms with van der Waals surface area (Å²) in [6.07, 6.45) is 0. The normalized spacial score (nSPS) is 10.2. The third kappa shape index (κ3) is 3.71. The summed E-state index contributed by atoms with van der Waals surface area (Å²) in [5.41, 5.74) is 0.479. The fourth-order valence-electron chi connectivity index (χ4n) is 1.85. The molecule has 0 bridgehead atoms. The molecule has 1 rings (SSSR count). The van der Waals surface area contributed by atoms with Crippen LogP contribution in [0.5, 0.6) is 0 Å². The molecule has 0 fully saturated rings. The Morgan fingerprint density at radius 3 is 2.50 bits per heavy atom. The van der Waals surface area contributed by atoms with Gasteiger partial charge in [-0.05, 0) is 19.1 Å². The molecule has 0 saturated heterocycles. The lowest BCUT2D eigenvalue weighted by atomic mass is 10.1. The van der Waals surface area contributed by atoms with Crippen molar-refractivity contribution in [3.05, 3.63) is 29.8 Å². The highest BCUT2D eigenvalue weighted by Crippen LogP contribution is 2.20. The minimum atomic E-state index is -1.06. The van der Waals surface area contributed by atoms with E-state index >= 15 is 0 Å². The van der Waals surface area contributed by atoms with Gasteiger partial charge < -0.3 is 14.7 Å². The van der Waals surface area contributed by atoms with Crippen molar-refractivity contribution in [3.8, 4) is 0 Å². The largest absolute Gasteiger partial charge is 0.478 e. The molecule has 20 heavy (non-hydrogen) atoms. The summed E-state index contributed by atoms with van der Waals surface area (Å²) < 4.78 is 4.97. The summed E-state index contributed by atoms with van der Waals surface area (Å²) in [7, 11) is 3.14. The van der Waals surface area contributed by atoms with Crippen molar-refractivity contribution in [2.45, 2.75) is 6.92 Å². The predicted molar refractivity (Wildman–Crippen MR) is 76.3 cm³/mol. The summed E-state index contributed by atoms with van der Waals surface area (Å²) in [6, 6.07) is 6.18. The summed E-state index contributed by atoms with van der Waals surface area (Å²) in [4.78, 5) is 26.5. The summed E-state index contributed by atoms with van der Waals surface area (Å²) >= 11 is 0. The number of para-hydroxylation sites is 1. The van der Waals surface area contributed by atoms with Crippen LogP contribution in [0.15, 0.2) is 24.3 Å². The number of methoxy groups -OCH3 is 1. The minimum Gasteiger partial charge on any atom is -0.478 e. The summed E-state index contributed by atoms with van der Waals surface area (Å²) in [5.74, 6) is -1.06. The quantitative estimate of drug-likeness (QED) is 0.864. The Balaban J connectivity index is 2.96. The summed E-state index contributed by atoms with van der Waals surface area (Å²) in [6.45, 7) is 3.30. The van der Waals surface area contributed by atoms with E-state index in [9.17, 15) is 9.59 Å². The van der Waals surface area contributed by atoms with Gasteiger partial charge in [0.2, 0.25) is 0 Å². The zero-order valence-corrected chi connectivity index (χ0v) is 12.0. The number of benzene rings is 1. The number of carboxylic acid groups (broad SMARTS) is 1. The van der Waals surface area contributed by atoms with Crippen molar-refractivity contribution in [1.29, 1.82) is 0 Å². The molecule has 0 saturated carbocycles. The number of anilines is 1. The standard InChI is InChI=1S/C14H20N2O4/c1-4-16(9-10-20-3)14(19)15(2)12-8-6-5-7-11(12)13(17)18/h5-8H,4,9-10H2,1-3H3,(H,17,18). The van der Waals surface area contributed by atoms with Gasteiger partial charge in [0, 0.05) is 27.2 Å². The van der Waals surface area contributed by atoms with E-state index in [0.717, 1.165) is 0 Å². The van der Waals surface area contributed by atoms with E-state index in [1.54, 1.807) is 37.3 Å². The molecule has 0 radical (unpaired) electrons. The van der Waals surface area contributed by atoms with Crippen molar-refractivity contribution in [1.82, 2.24) is 4.90 Å². The number of hydrogen-bond acceptors (Lipinski definition) is 3. The maximum absolute atomic E-state index is 12.4. The van der Waals surface area contributed by atoms with Gasteiger partial charge in [-0.3, -0.25) is 4.90 Å². The van der Waals surface area contributed by atoms with Gasteiger partial charge in [0.15, 0.2) is 0 Å². The summed E-state index contributed by atoms with van der Waals surface area (Å²) in [5, 5.41) is 9.16. The van der Waals surface area contributed by atoms with E-state index in [-0.39, 0.29) is 11.6 Å². The lowest BCUT2D eigenvalue weighted by molar-refractivity contribution is 0.0697. The minimum absolute atomic E-state index is 0.103. The Labute approximate surface area is 118 Å². The van der Waals surface area contributed by atoms with Gasteiger partial charge in [-0.25, -0.2) is 9.59 Å². The number of likely N-dealkylation sites (N-methyl/N-ethyl adjacent to an activating group) is 1. The maximum Gasteiger partial charge on any atom is 0.337 e. The van der Waals surface area contributed by atoms with Crippen LogP contribution in [-0.2, 0) is 4.74 Å². The van der Waals surface area contributed by atoms with Crippen molar-refractivity contribution < 1.29 is 19.4 Å². The van der Waals surface area contributed by atoms with Crippen LogP contribution in [0.1, 0.15) is 17.3 Å². The molecule has 0 spiro atoms. The Morgan fingerprint density at radius 2 is 1.95 bits per heavy atom. The van der Waals surface area contributed by atoms with Crippen LogP contribution < -0.4 is 4.90 Å². The molecule has 2 amide bonds. The van der Waals surface area contributed by atoms with E-state index in [2.05, 4.69) is 0 Å². The molecule has 0 aliphatic carbocycles. The topological polar surface area (TPSA) is 70.1 Å². The predicted octanol–water partition coefficient (Wildman–Crippen LogP) is 1.91. The SMILES string of the molecule is CCN(CCOC)C(=O)N(C)c1ccccc1C(=O)O. The van der Waals surface area contributed by atoms with Crippen molar-refractivity contribution in [3.63, 3.8) is 0 Å². The Bertz CT molecular complexity index is 476. The van der Waals surface area contributed by atoms with Crippen LogP contribution in [0.4, 0.5) is 10.5 Å². The number of carbonyl (C=O) groups is 2. The molecule has 1 aromatic rings. The van der Waals surface area contributed by atoms with E-state index in [1.807, 2.05) is 6.92 Å². The fourth-order valence-corrected chi connectivity index (χ4v) is 1.85. The number of carboxylic acids is 1. The molecule has 6 nitrogen and oxygen atoms in total. The van der Waals surface area contributed by atoms with Crippen molar-refractivity contribution >= 4 is 17.7 Å². The van der Waals surface area contributed by atoms with E-state index in [0.29, 0.717) is 25.4 Å². The van der Waals surface area contributed by atoms with Gasteiger partial charge in [-0.1, -0.05) is 12.1 Å². The van der Waals surface area contributed by atoms with Gasteiger partial charge in [0.1, 0.15) is 0 Å². The van der Waals surface area contributed by atoms with Crippen LogP contribution in [-0.4, -0.2) is 55.9 Å². The van der Waals surface area contributed by atoms with Gasteiger partial charge >= 0.3 is 12.0 Å². The molecule has 0 unspecified atom stereocenters. The van der Waals surface area contributed by atoms with E-state index < -0.39 is 5.97 Å². The fraction of sp³-hybridized carbons (Fsp3) is 0.429. The molecule has 0 heterocycles. The van der Waals surface area contributed by atoms with Crippen molar-refractivity contribution in [2.75, 3.05) is 38.8 Å². The molecule has 0 aliphatic heterocycles. The number of urea groups is 1. The number of hydrogen-bond donors (Lipinski definition) is 1. The molecular formula is C14H20N2O4. The number of nitrogens with zero attached hydrogens (tertiary/aromatic N) is 2. The molecule has 1 aromatic carbocycles. The first kappa shape index (κ1) is 16.0. The number of amides is 2. The van der Waals surface area contributed by atoms with Crippen LogP contribution >= 0.6 is 0 Å². The van der Waals surface area contributed by atoms with Crippen LogP contribution in [0, 0.1) is 0 Å². The monoisotopic (exact) mass is 280 g/mol. The van der Waals surface area contributed by atoms with Gasteiger partial charge in [0.25, 0.3) is 0 Å². The molecule has 1 N–H and O–H groups in total. The second-order valence-electron chi connectivity index (χ2n) is 4.24. The first-order valence-electron chi connectivity index (χ1n) is 6.36. The molecule has 0 aromatic heterocycles. The Morgan fingerprint density at radius 1 is 1.30 bits per heavy atom. The van der Waals surface area contributed by atoms with Crippen LogP contribution in [0.3, 0.4) is 0 Å². The molecule has 110 valence electrons. The van der Waals surface area contributed by atoms with E-state index in [4.69, 9.17) is 9.84 Å². The Hall–Kier alpha value is -2.08. The van der Waals surface area contributed by atoms with Crippen LogP contribution in [0.2, 0.25) is 0 Å². The second-order valence-corrected chi connectivity index (χ2v) is 4.24. The zero-order valence-electron chi connectivity index (χ0n) is 12.0. The average Bonchev–Trinajstić information content (AvgIpc) is 2.46. The first-order chi connectivity index (χ1) is 9.52. The average molecular weight is 280 g/mol. The molecule has 0 aliphatic rings. The van der Waals surface area contributed by atoms with Crippen molar-refractivity contribution in [2.24, 2.45) is 0 Å². The smallest absolute Gasteiger partial charge is 0.337 e.